The van der Waals surface area contributed by atoms with Gasteiger partial charge in [0.05, 0.1) is 26.4 Å². The molecule has 0 aromatic carbocycles. The second kappa shape index (κ2) is 80.0. The number of hydrogen-bond donors (Lipinski definition) is 3. The molecule has 17 nitrogen and oxygen atoms in total. The molecule has 0 fully saturated rings. The summed E-state index contributed by atoms with van der Waals surface area (Å²) in [6.07, 6.45) is 92.3. The zero-order chi connectivity index (χ0) is 78.9. The maximum Gasteiger partial charge on any atom is 0.472 e. The fourth-order valence-electron chi connectivity index (χ4n) is 10.9. The van der Waals surface area contributed by atoms with E-state index in [1.807, 2.05) is 0 Å². The topological polar surface area (TPSA) is 237 Å². The normalized spacial score (nSPS) is 14.5. The third-order valence-electron chi connectivity index (χ3n) is 17.3. The highest BCUT2D eigenvalue weighted by atomic mass is 31.2. The molecule has 0 aliphatic carbocycles. The number of aliphatic hydroxyl groups excluding tert-OH is 1. The number of hydrogen-bond acceptors (Lipinski definition) is 15. The second-order valence-electron chi connectivity index (χ2n) is 27.6. The molecule has 0 saturated heterocycles. The first-order valence-electron chi connectivity index (χ1n) is 42.1. The smallest absolute Gasteiger partial charge is 0.462 e. The van der Waals surface area contributed by atoms with E-state index in [2.05, 4.69) is 174 Å². The van der Waals surface area contributed by atoms with Gasteiger partial charge in [-0.25, -0.2) is 9.13 Å². The Bertz CT molecular complexity index is 2610. The quantitative estimate of drug-likeness (QED) is 0.0169. The lowest BCUT2D eigenvalue weighted by Gasteiger charge is -2.21. The summed E-state index contributed by atoms with van der Waals surface area (Å²) in [5, 5.41) is 10.7. The third kappa shape index (κ3) is 79.0. The van der Waals surface area contributed by atoms with Crippen LogP contribution in [0.2, 0.25) is 0 Å². The predicted molar refractivity (Wildman–Crippen MR) is 445 cm³/mol. The summed E-state index contributed by atoms with van der Waals surface area (Å²) in [4.78, 5) is 73.2. The number of rotatable bonds is 78. The number of allylic oxidation sites excluding steroid dienone is 24. The number of phosphoric ester groups is 2. The third-order valence-corrected chi connectivity index (χ3v) is 19.2. The number of ether oxygens (including phenoxy) is 4. The van der Waals surface area contributed by atoms with E-state index in [-0.39, 0.29) is 25.7 Å². The summed E-state index contributed by atoms with van der Waals surface area (Å²) in [7, 11) is -9.99. The van der Waals surface area contributed by atoms with Crippen molar-refractivity contribution in [3.05, 3.63) is 146 Å². The molecular weight excluding hydrogens is 1400 g/mol. The van der Waals surface area contributed by atoms with Crippen LogP contribution in [0.15, 0.2) is 146 Å². The lowest BCUT2D eigenvalue weighted by molar-refractivity contribution is -0.161. The number of unbranched alkanes of at least 4 members (excludes halogenated alkanes) is 28. The predicted octanol–water partition coefficient (Wildman–Crippen LogP) is 25.0. The maximum atomic E-state index is 13.1. The molecule has 0 heterocycles. The van der Waals surface area contributed by atoms with Gasteiger partial charge in [0.25, 0.3) is 0 Å². The molecule has 3 N–H and O–H groups in total. The minimum absolute atomic E-state index is 0.0592. The van der Waals surface area contributed by atoms with E-state index in [0.717, 1.165) is 212 Å². The molecule has 0 aliphatic heterocycles. The van der Waals surface area contributed by atoms with E-state index in [4.69, 9.17) is 37.0 Å². The van der Waals surface area contributed by atoms with Crippen LogP contribution in [0.3, 0.4) is 0 Å². The molecule has 0 rings (SSSR count). The number of carbonyl (C=O) groups is 4. The summed E-state index contributed by atoms with van der Waals surface area (Å²) in [6, 6.07) is 0. The summed E-state index contributed by atoms with van der Waals surface area (Å²) >= 11 is 0. The monoisotopic (exact) mass is 1550 g/mol. The Kier molecular flexibility index (Phi) is 76.3. The van der Waals surface area contributed by atoms with Gasteiger partial charge >= 0.3 is 39.5 Å². The number of esters is 4. The average Bonchev–Trinajstić information content (AvgIpc) is 0.886. The van der Waals surface area contributed by atoms with Crippen LogP contribution in [-0.2, 0) is 65.4 Å². The molecule has 618 valence electrons. The molecule has 0 amide bonds. The zero-order valence-corrected chi connectivity index (χ0v) is 69.5. The lowest BCUT2D eigenvalue weighted by Crippen LogP contribution is -2.30. The standard InChI is InChI=1S/C89H150O17P2/c1-5-9-13-17-21-25-29-33-36-39-41-44-46-50-53-57-61-65-69-73-86(91)99-79-84(105-88(93)75-71-67-63-59-55-49-32-28-24-20-16-12-8-4)81-103-107(95,96)101-77-83(90)78-102-108(97,98)104-82-85(106-89(94)76-72-68-64-60-56-52-48-43-38-35-31-27-23-19-15-11-7-3)80-100-87(92)74-70-66-62-58-54-51-47-45-42-40-37-34-30-26-22-18-14-10-6-2/h10-11,14-15,21-23,25-28,32-38,41-42,44-45,48,52,83-85,90H,5-9,12-13,16-20,24,29-31,39-40,43,46-47,49-51,53-82H2,1-4H3,(H,95,96)(H,97,98)/b14-10-,15-11-,25-21-,26-22-,27-23-,32-28-,36-33-,37-34-,38-35-,44-41-,45-42-,52-48-. The Morgan fingerprint density at radius 1 is 0.269 bits per heavy atom. The fourth-order valence-corrected chi connectivity index (χ4v) is 12.5. The van der Waals surface area contributed by atoms with Crippen LogP contribution in [0.5, 0.6) is 0 Å². The fraction of sp³-hybridized carbons (Fsp3) is 0.685. The first kappa shape index (κ1) is 103. The summed E-state index contributed by atoms with van der Waals surface area (Å²) < 4.78 is 68.7. The molecule has 0 aromatic rings. The van der Waals surface area contributed by atoms with Gasteiger partial charge in [0.15, 0.2) is 12.2 Å². The van der Waals surface area contributed by atoms with Crippen LogP contribution in [0.4, 0.5) is 0 Å². The Labute approximate surface area is 656 Å². The molecule has 0 aromatic heterocycles. The molecule has 0 spiro atoms. The van der Waals surface area contributed by atoms with Gasteiger partial charge in [-0.15, -0.1) is 0 Å². The number of aliphatic hydroxyl groups is 1. The Balaban J connectivity index is 5.41. The second-order valence-corrected chi connectivity index (χ2v) is 30.6. The molecule has 108 heavy (non-hydrogen) atoms. The van der Waals surface area contributed by atoms with E-state index in [1.165, 1.54) is 44.9 Å². The summed E-state index contributed by atoms with van der Waals surface area (Å²) in [6.45, 7) is 4.56. The van der Waals surface area contributed by atoms with Crippen LogP contribution < -0.4 is 0 Å². The van der Waals surface area contributed by atoms with Crippen LogP contribution in [-0.4, -0.2) is 96.7 Å². The van der Waals surface area contributed by atoms with Crippen molar-refractivity contribution >= 4 is 39.5 Å². The lowest BCUT2D eigenvalue weighted by atomic mass is 10.1. The van der Waals surface area contributed by atoms with Gasteiger partial charge in [-0.05, 0) is 167 Å². The van der Waals surface area contributed by atoms with E-state index in [0.29, 0.717) is 25.7 Å². The van der Waals surface area contributed by atoms with Gasteiger partial charge < -0.3 is 33.8 Å². The van der Waals surface area contributed by atoms with E-state index >= 15 is 0 Å². The van der Waals surface area contributed by atoms with Gasteiger partial charge in [-0.1, -0.05) is 289 Å². The summed E-state index contributed by atoms with van der Waals surface area (Å²) in [5.74, 6) is -2.24. The molecule has 5 atom stereocenters. The Hall–Kier alpha value is -5.06. The molecule has 5 unspecified atom stereocenters. The Morgan fingerprint density at radius 3 is 0.769 bits per heavy atom. The molecule has 0 aliphatic rings. The highest BCUT2D eigenvalue weighted by Crippen LogP contribution is 2.45. The maximum absolute atomic E-state index is 13.1. The van der Waals surface area contributed by atoms with Crippen molar-refractivity contribution in [2.45, 2.75) is 354 Å². The van der Waals surface area contributed by atoms with Crippen LogP contribution in [0.1, 0.15) is 336 Å². The van der Waals surface area contributed by atoms with E-state index in [1.54, 1.807) is 0 Å². The van der Waals surface area contributed by atoms with Crippen molar-refractivity contribution in [3.63, 3.8) is 0 Å². The molecule has 0 bridgehead atoms. The van der Waals surface area contributed by atoms with Crippen LogP contribution in [0.25, 0.3) is 0 Å². The van der Waals surface area contributed by atoms with Crippen molar-refractivity contribution < 1.29 is 80.2 Å². The highest BCUT2D eigenvalue weighted by molar-refractivity contribution is 7.47. The van der Waals surface area contributed by atoms with Gasteiger partial charge in [0.2, 0.25) is 0 Å². The van der Waals surface area contributed by atoms with Crippen LogP contribution in [0, 0.1) is 0 Å². The summed E-state index contributed by atoms with van der Waals surface area (Å²) in [5.41, 5.74) is 0. The largest absolute Gasteiger partial charge is 0.472 e. The van der Waals surface area contributed by atoms with E-state index in [9.17, 15) is 43.2 Å². The van der Waals surface area contributed by atoms with Crippen molar-refractivity contribution in [2.75, 3.05) is 39.6 Å². The highest BCUT2D eigenvalue weighted by Gasteiger charge is 2.30. The first-order valence-corrected chi connectivity index (χ1v) is 45.1. The molecule has 19 heteroatoms. The average molecular weight is 1550 g/mol. The first-order chi connectivity index (χ1) is 52.7. The molecule has 0 radical (unpaired) electrons. The van der Waals surface area contributed by atoms with Crippen molar-refractivity contribution in [2.24, 2.45) is 0 Å². The molecule has 0 saturated carbocycles. The van der Waals surface area contributed by atoms with Crippen molar-refractivity contribution in [1.29, 1.82) is 0 Å². The number of carbonyl (C=O) groups excluding carboxylic acids is 4. The van der Waals surface area contributed by atoms with Crippen molar-refractivity contribution in [3.8, 4) is 0 Å². The van der Waals surface area contributed by atoms with Gasteiger partial charge in [0, 0.05) is 25.7 Å². The Morgan fingerprint density at radius 2 is 0.481 bits per heavy atom. The SMILES string of the molecule is CC/C=C\C/C=C\C/C=C\C/C=C\CCCCCCCCC(=O)OCC(COP(=O)(O)OCC(O)COP(=O)(O)OCC(COC(=O)CCCCCCCC/C=C\C/C=C\C/C=C\CCCCC)OC(=O)CCCCCCC/C=C\CCCCCC)OC(=O)CCCCCC/C=C\C/C=C\C/C=C\C/C=C\CC. The van der Waals surface area contributed by atoms with Crippen molar-refractivity contribution in [1.82, 2.24) is 0 Å². The van der Waals surface area contributed by atoms with Gasteiger partial charge in [-0.2, -0.15) is 0 Å². The van der Waals surface area contributed by atoms with E-state index < -0.39 is 97.5 Å². The molecular formula is C89H150O17P2. The van der Waals surface area contributed by atoms with Crippen LogP contribution >= 0.6 is 15.6 Å². The van der Waals surface area contributed by atoms with Gasteiger partial charge in [-0.3, -0.25) is 37.3 Å². The minimum Gasteiger partial charge on any atom is -0.462 e. The zero-order valence-electron chi connectivity index (χ0n) is 67.7. The minimum atomic E-state index is -5.00. The van der Waals surface area contributed by atoms with Gasteiger partial charge in [0.1, 0.15) is 19.3 Å². The number of phosphoric acid groups is 2.